The van der Waals surface area contributed by atoms with Crippen LogP contribution in [0.2, 0.25) is 0 Å². The molecule has 0 saturated heterocycles. The Morgan fingerprint density at radius 1 is 1.47 bits per heavy atom. The van der Waals surface area contributed by atoms with Gasteiger partial charge in [0.05, 0.1) is 6.20 Å². The quantitative estimate of drug-likeness (QED) is 0.803. The number of hydrogen-bond acceptors (Lipinski definition) is 6. The van der Waals surface area contributed by atoms with Crippen LogP contribution >= 0.6 is 11.3 Å². The van der Waals surface area contributed by atoms with Crippen molar-refractivity contribution in [2.24, 2.45) is 0 Å². The summed E-state index contributed by atoms with van der Waals surface area (Å²) in [5.74, 6) is 0. The van der Waals surface area contributed by atoms with Crippen molar-refractivity contribution in [3.05, 3.63) is 11.2 Å². The fraction of sp³-hybridized carbons (Fsp3) is 0.500. The number of nitrogens with one attached hydrogen (secondary N) is 2. The number of H-pyrrole nitrogens is 1. The van der Waals surface area contributed by atoms with Gasteiger partial charge in [-0.1, -0.05) is 25.2 Å². The zero-order valence-corrected chi connectivity index (χ0v) is 9.38. The molecule has 0 atom stereocenters. The number of rotatable bonds is 4. The molecule has 0 fully saturated rings. The fourth-order valence-corrected chi connectivity index (χ4v) is 1.77. The molecule has 2 aromatic heterocycles. The molecule has 7 heteroatoms. The van der Waals surface area contributed by atoms with Gasteiger partial charge >= 0.3 is 0 Å². The number of aromatic nitrogens is 5. The Morgan fingerprint density at radius 3 is 3.00 bits per heavy atom. The highest BCUT2D eigenvalue weighted by atomic mass is 32.1. The highest BCUT2D eigenvalue weighted by molar-refractivity contribution is 7.14. The van der Waals surface area contributed by atoms with Gasteiger partial charge in [0, 0.05) is 12.6 Å². The van der Waals surface area contributed by atoms with Gasteiger partial charge in [-0.05, 0) is 0 Å². The molecule has 15 heavy (non-hydrogen) atoms. The molecule has 0 radical (unpaired) electrons. The number of aromatic amines is 1. The van der Waals surface area contributed by atoms with Gasteiger partial charge in [0.2, 0.25) is 0 Å². The summed E-state index contributed by atoms with van der Waals surface area (Å²) in [5, 5.41) is 23.4. The normalized spacial score (nSPS) is 11.1. The van der Waals surface area contributed by atoms with Crippen molar-refractivity contribution in [2.75, 3.05) is 0 Å². The van der Waals surface area contributed by atoms with Crippen LogP contribution in [0.4, 0.5) is 0 Å². The summed E-state index contributed by atoms with van der Waals surface area (Å²) in [6, 6.07) is 0.449. The molecule has 6 nitrogen and oxygen atoms in total. The van der Waals surface area contributed by atoms with Crippen LogP contribution in [-0.4, -0.2) is 31.6 Å². The molecule has 2 heterocycles. The molecule has 0 bridgehead atoms. The smallest absolute Gasteiger partial charge is 0.169 e. The second-order valence-electron chi connectivity index (χ2n) is 3.39. The third-order valence-corrected chi connectivity index (χ3v) is 2.71. The lowest BCUT2D eigenvalue weighted by molar-refractivity contribution is 0.585. The van der Waals surface area contributed by atoms with Crippen LogP contribution in [-0.2, 0) is 6.54 Å². The van der Waals surface area contributed by atoms with Gasteiger partial charge in [-0.15, -0.1) is 10.2 Å². The van der Waals surface area contributed by atoms with Crippen LogP contribution in [0.5, 0.6) is 0 Å². The molecule has 2 N–H and O–H groups in total. The lowest BCUT2D eigenvalue weighted by Gasteiger charge is -2.03. The second kappa shape index (κ2) is 4.45. The summed E-state index contributed by atoms with van der Waals surface area (Å²) < 4.78 is 0. The van der Waals surface area contributed by atoms with Crippen molar-refractivity contribution < 1.29 is 0 Å². The largest absolute Gasteiger partial charge is 0.308 e. The van der Waals surface area contributed by atoms with E-state index in [4.69, 9.17) is 0 Å². The van der Waals surface area contributed by atoms with Crippen molar-refractivity contribution in [1.82, 2.24) is 30.9 Å². The summed E-state index contributed by atoms with van der Waals surface area (Å²) in [7, 11) is 0. The van der Waals surface area contributed by atoms with E-state index in [9.17, 15) is 0 Å². The van der Waals surface area contributed by atoms with Crippen molar-refractivity contribution in [3.63, 3.8) is 0 Å². The minimum atomic E-state index is 0.449. The van der Waals surface area contributed by atoms with E-state index in [-0.39, 0.29) is 0 Å². The maximum Gasteiger partial charge on any atom is 0.169 e. The summed E-state index contributed by atoms with van der Waals surface area (Å²) in [6.07, 6.45) is 1.64. The topological polar surface area (TPSA) is 79.4 Å². The maximum atomic E-state index is 4.07. The van der Waals surface area contributed by atoms with Gasteiger partial charge in [-0.2, -0.15) is 15.4 Å². The molecule has 2 aromatic rings. The zero-order valence-electron chi connectivity index (χ0n) is 8.56. The minimum Gasteiger partial charge on any atom is -0.308 e. The van der Waals surface area contributed by atoms with Crippen LogP contribution in [0.1, 0.15) is 18.9 Å². The lowest BCUT2D eigenvalue weighted by Crippen LogP contribution is -2.21. The van der Waals surface area contributed by atoms with Crippen molar-refractivity contribution in [3.8, 4) is 10.7 Å². The van der Waals surface area contributed by atoms with Gasteiger partial charge in [0.25, 0.3) is 0 Å². The predicted molar refractivity (Wildman–Crippen MR) is 57.3 cm³/mol. The summed E-state index contributed by atoms with van der Waals surface area (Å²) in [4.78, 5) is 0. The van der Waals surface area contributed by atoms with E-state index >= 15 is 0 Å². The fourth-order valence-electron chi connectivity index (χ4n) is 1.02. The van der Waals surface area contributed by atoms with E-state index in [1.165, 1.54) is 11.3 Å². The van der Waals surface area contributed by atoms with Crippen LogP contribution in [0.15, 0.2) is 6.20 Å². The van der Waals surface area contributed by atoms with Crippen molar-refractivity contribution >= 4 is 11.3 Å². The first-order chi connectivity index (χ1) is 7.25. The average Bonchev–Trinajstić information content (AvgIpc) is 2.85. The molecule has 0 saturated carbocycles. The highest BCUT2D eigenvalue weighted by Crippen LogP contribution is 2.19. The molecular formula is C8H12N6S. The van der Waals surface area contributed by atoms with E-state index in [1.807, 2.05) is 0 Å². The Hall–Kier alpha value is -1.34. The average molecular weight is 224 g/mol. The molecule has 80 valence electrons. The van der Waals surface area contributed by atoms with Crippen molar-refractivity contribution in [1.29, 1.82) is 0 Å². The van der Waals surface area contributed by atoms with Gasteiger partial charge < -0.3 is 5.32 Å². The summed E-state index contributed by atoms with van der Waals surface area (Å²) in [6.45, 7) is 4.94. The SMILES string of the molecule is CC(C)NCc1nnc(-c2cn[nH]n2)s1. The Bertz CT molecular complexity index is 406. The minimum absolute atomic E-state index is 0.449. The molecular weight excluding hydrogens is 212 g/mol. The third kappa shape index (κ3) is 2.57. The van der Waals surface area contributed by atoms with E-state index < -0.39 is 0 Å². The summed E-state index contributed by atoms with van der Waals surface area (Å²) in [5.41, 5.74) is 0.739. The Morgan fingerprint density at radius 2 is 2.33 bits per heavy atom. The second-order valence-corrected chi connectivity index (χ2v) is 4.45. The first-order valence-electron chi connectivity index (χ1n) is 4.67. The first-order valence-corrected chi connectivity index (χ1v) is 5.49. The van der Waals surface area contributed by atoms with Crippen molar-refractivity contribution in [2.45, 2.75) is 26.4 Å². The molecule has 2 rings (SSSR count). The Balaban J connectivity index is 2.04. The number of nitrogens with zero attached hydrogens (tertiary/aromatic N) is 4. The molecule has 0 amide bonds. The molecule has 0 spiro atoms. The highest BCUT2D eigenvalue weighted by Gasteiger charge is 2.08. The standard InChI is InChI=1S/C8H12N6S/c1-5(2)9-4-7-12-13-8(15-7)6-3-10-14-11-6/h3,5,9H,4H2,1-2H3,(H,10,11,14). The Labute approximate surface area is 91.1 Å². The van der Waals surface area contributed by atoms with Gasteiger partial charge in [0.1, 0.15) is 10.7 Å². The predicted octanol–water partition coefficient (Wildman–Crippen LogP) is 0.821. The van der Waals surface area contributed by atoms with Crippen LogP contribution in [0.3, 0.4) is 0 Å². The Kier molecular flexibility index (Phi) is 3.02. The van der Waals surface area contributed by atoms with E-state index in [2.05, 4.69) is 44.8 Å². The monoisotopic (exact) mass is 224 g/mol. The van der Waals surface area contributed by atoms with Gasteiger partial charge in [0.15, 0.2) is 5.01 Å². The van der Waals surface area contributed by atoms with Crippen LogP contribution in [0, 0.1) is 0 Å². The van der Waals surface area contributed by atoms with Crippen LogP contribution < -0.4 is 5.32 Å². The van der Waals surface area contributed by atoms with Crippen LogP contribution in [0.25, 0.3) is 10.7 Å². The number of hydrogen-bond donors (Lipinski definition) is 2. The molecule has 0 aliphatic carbocycles. The zero-order chi connectivity index (χ0) is 10.7. The van der Waals surface area contributed by atoms with E-state index in [1.54, 1.807) is 6.20 Å². The van der Waals surface area contributed by atoms with Gasteiger partial charge in [-0.3, -0.25) is 0 Å². The molecule has 0 aliphatic rings. The molecule has 0 unspecified atom stereocenters. The van der Waals surface area contributed by atoms with E-state index in [0.717, 1.165) is 22.3 Å². The molecule has 0 aromatic carbocycles. The van der Waals surface area contributed by atoms with Gasteiger partial charge in [-0.25, -0.2) is 0 Å². The third-order valence-electron chi connectivity index (χ3n) is 1.76. The summed E-state index contributed by atoms with van der Waals surface area (Å²) >= 11 is 1.53. The first kappa shape index (κ1) is 10.2. The maximum absolute atomic E-state index is 4.07. The van der Waals surface area contributed by atoms with E-state index in [0.29, 0.717) is 6.04 Å². The molecule has 0 aliphatic heterocycles. The lowest BCUT2D eigenvalue weighted by atomic mass is 10.4.